The first kappa shape index (κ1) is 15.9. The first-order chi connectivity index (χ1) is 8.73. The second-order valence-electron chi connectivity index (χ2n) is 5.52. The summed E-state index contributed by atoms with van der Waals surface area (Å²) in [7, 11) is -3.41. The monoisotopic (exact) mass is 281 g/mol. The standard InChI is InChI=1S/C15H23NO2S/c1-6-12-16(7-2)19(17,18)14-10-8-13(9-11-14)15(3,4)5/h6,8-11H,1,7,12H2,2-5H3. The molecule has 0 unspecified atom stereocenters. The summed E-state index contributed by atoms with van der Waals surface area (Å²) in [4.78, 5) is 0.337. The minimum absolute atomic E-state index is 0.0217. The van der Waals surface area contributed by atoms with Gasteiger partial charge in [0.05, 0.1) is 4.90 Å². The Labute approximate surface area is 117 Å². The maximum absolute atomic E-state index is 12.4. The Morgan fingerprint density at radius 2 is 1.74 bits per heavy atom. The van der Waals surface area contributed by atoms with Crippen LogP contribution in [0.1, 0.15) is 33.3 Å². The third-order valence-corrected chi connectivity index (χ3v) is 5.00. The maximum atomic E-state index is 12.4. The molecule has 106 valence electrons. The van der Waals surface area contributed by atoms with Crippen molar-refractivity contribution in [2.24, 2.45) is 0 Å². The molecule has 1 aromatic rings. The first-order valence-corrected chi connectivity index (χ1v) is 7.89. The second kappa shape index (κ2) is 5.88. The van der Waals surface area contributed by atoms with Gasteiger partial charge in [-0.1, -0.05) is 45.9 Å². The Morgan fingerprint density at radius 1 is 1.21 bits per heavy atom. The van der Waals surface area contributed by atoms with Gasteiger partial charge in [-0.3, -0.25) is 0 Å². The SMILES string of the molecule is C=CCN(CC)S(=O)(=O)c1ccc(C(C)(C)C)cc1. The quantitative estimate of drug-likeness (QED) is 0.777. The molecule has 1 aromatic carbocycles. The minimum atomic E-state index is -3.41. The summed E-state index contributed by atoms with van der Waals surface area (Å²) in [6.45, 7) is 12.5. The van der Waals surface area contributed by atoms with Crippen molar-refractivity contribution in [3.63, 3.8) is 0 Å². The van der Waals surface area contributed by atoms with Crippen molar-refractivity contribution in [2.45, 2.75) is 38.0 Å². The van der Waals surface area contributed by atoms with Crippen LogP contribution in [0.2, 0.25) is 0 Å². The third-order valence-electron chi connectivity index (χ3n) is 3.04. The molecule has 0 atom stereocenters. The molecule has 0 saturated heterocycles. The average molecular weight is 281 g/mol. The summed E-state index contributed by atoms with van der Waals surface area (Å²) in [5, 5.41) is 0. The van der Waals surface area contributed by atoms with Crippen LogP contribution < -0.4 is 0 Å². The van der Waals surface area contributed by atoms with Gasteiger partial charge in [0.25, 0.3) is 0 Å². The zero-order chi connectivity index (χ0) is 14.7. The highest BCUT2D eigenvalue weighted by Gasteiger charge is 2.22. The van der Waals surface area contributed by atoms with E-state index in [0.29, 0.717) is 18.0 Å². The van der Waals surface area contributed by atoms with Crippen molar-refractivity contribution < 1.29 is 8.42 Å². The summed E-state index contributed by atoms with van der Waals surface area (Å²) in [5.74, 6) is 0. The summed E-state index contributed by atoms with van der Waals surface area (Å²) in [6.07, 6.45) is 1.60. The van der Waals surface area contributed by atoms with E-state index in [1.54, 1.807) is 18.2 Å². The predicted molar refractivity (Wildman–Crippen MR) is 79.8 cm³/mol. The van der Waals surface area contributed by atoms with E-state index >= 15 is 0 Å². The van der Waals surface area contributed by atoms with E-state index in [1.165, 1.54) is 4.31 Å². The van der Waals surface area contributed by atoms with Crippen LogP contribution in [-0.4, -0.2) is 25.8 Å². The van der Waals surface area contributed by atoms with E-state index in [2.05, 4.69) is 27.4 Å². The van der Waals surface area contributed by atoms with E-state index in [4.69, 9.17) is 0 Å². The average Bonchev–Trinajstić information content (AvgIpc) is 2.34. The summed E-state index contributed by atoms with van der Waals surface area (Å²) in [6, 6.07) is 7.13. The molecule has 0 aliphatic heterocycles. The molecule has 0 aliphatic rings. The molecule has 0 radical (unpaired) electrons. The van der Waals surface area contributed by atoms with Crippen molar-refractivity contribution in [3.8, 4) is 0 Å². The van der Waals surface area contributed by atoms with Gasteiger partial charge in [0.1, 0.15) is 0 Å². The molecule has 0 bridgehead atoms. The highest BCUT2D eigenvalue weighted by atomic mass is 32.2. The number of nitrogens with zero attached hydrogens (tertiary/aromatic N) is 1. The molecule has 0 aromatic heterocycles. The lowest BCUT2D eigenvalue weighted by Gasteiger charge is -2.21. The molecule has 1 rings (SSSR count). The lowest BCUT2D eigenvalue weighted by molar-refractivity contribution is 0.459. The lowest BCUT2D eigenvalue weighted by atomic mass is 9.87. The lowest BCUT2D eigenvalue weighted by Crippen LogP contribution is -2.31. The summed E-state index contributed by atoms with van der Waals surface area (Å²) >= 11 is 0. The van der Waals surface area contributed by atoms with E-state index in [9.17, 15) is 8.42 Å². The normalized spacial score (nSPS) is 12.7. The van der Waals surface area contributed by atoms with Gasteiger partial charge in [-0.2, -0.15) is 4.31 Å². The third kappa shape index (κ3) is 3.67. The zero-order valence-corrected chi connectivity index (χ0v) is 13.0. The van der Waals surface area contributed by atoms with Gasteiger partial charge < -0.3 is 0 Å². The molecule has 4 heteroatoms. The topological polar surface area (TPSA) is 37.4 Å². The van der Waals surface area contributed by atoms with Crippen LogP contribution in [0, 0.1) is 0 Å². The predicted octanol–water partition coefficient (Wildman–Crippen LogP) is 3.18. The van der Waals surface area contributed by atoms with Crippen LogP contribution in [-0.2, 0) is 15.4 Å². The number of sulfonamides is 1. The van der Waals surface area contributed by atoms with Gasteiger partial charge in [0.2, 0.25) is 10.0 Å². The number of likely N-dealkylation sites (N-methyl/N-ethyl adjacent to an activating group) is 1. The van der Waals surface area contributed by atoms with Gasteiger partial charge in [0, 0.05) is 13.1 Å². The number of benzene rings is 1. The van der Waals surface area contributed by atoms with Crippen LogP contribution in [0.25, 0.3) is 0 Å². The fourth-order valence-corrected chi connectivity index (χ4v) is 3.24. The van der Waals surface area contributed by atoms with Crippen LogP contribution in [0.15, 0.2) is 41.8 Å². The molecular weight excluding hydrogens is 258 g/mol. The number of rotatable bonds is 5. The minimum Gasteiger partial charge on any atom is -0.207 e. The van der Waals surface area contributed by atoms with Crippen LogP contribution >= 0.6 is 0 Å². The van der Waals surface area contributed by atoms with E-state index in [1.807, 2.05) is 19.1 Å². The Balaban J connectivity index is 3.12. The molecular formula is C15H23NO2S. The molecule has 3 nitrogen and oxygen atoms in total. The highest BCUT2D eigenvalue weighted by molar-refractivity contribution is 7.89. The Bertz CT molecular complexity index is 524. The molecule has 0 spiro atoms. The van der Waals surface area contributed by atoms with E-state index in [0.717, 1.165) is 5.56 Å². The van der Waals surface area contributed by atoms with Crippen molar-refractivity contribution >= 4 is 10.0 Å². The van der Waals surface area contributed by atoms with Crippen molar-refractivity contribution in [1.82, 2.24) is 4.31 Å². The molecule has 0 saturated carbocycles. The van der Waals surface area contributed by atoms with Gasteiger partial charge in [-0.05, 0) is 23.1 Å². The van der Waals surface area contributed by atoms with Crippen molar-refractivity contribution in [1.29, 1.82) is 0 Å². The van der Waals surface area contributed by atoms with Gasteiger partial charge >= 0.3 is 0 Å². The fourth-order valence-electron chi connectivity index (χ4n) is 1.82. The number of hydrogen-bond acceptors (Lipinski definition) is 2. The van der Waals surface area contributed by atoms with Gasteiger partial charge in [-0.15, -0.1) is 6.58 Å². The molecule has 0 amide bonds. The van der Waals surface area contributed by atoms with Gasteiger partial charge in [-0.25, -0.2) is 8.42 Å². The summed E-state index contributed by atoms with van der Waals surface area (Å²) in [5.41, 5.74) is 1.15. The Morgan fingerprint density at radius 3 is 2.11 bits per heavy atom. The van der Waals surface area contributed by atoms with Crippen LogP contribution in [0.5, 0.6) is 0 Å². The zero-order valence-electron chi connectivity index (χ0n) is 12.2. The molecule has 0 heterocycles. The molecule has 0 aliphatic carbocycles. The van der Waals surface area contributed by atoms with E-state index in [-0.39, 0.29) is 5.41 Å². The molecule has 0 fully saturated rings. The molecule has 19 heavy (non-hydrogen) atoms. The van der Waals surface area contributed by atoms with E-state index < -0.39 is 10.0 Å². The first-order valence-electron chi connectivity index (χ1n) is 6.45. The molecule has 0 N–H and O–H groups in total. The number of hydrogen-bond donors (Lipinski definition) is 0. The van der Waals surface area contributed by atoms with Crippen LogP contribution in [0.3, 0.4) is 0 Å². The maximum Gasteiger partial charge on any atom is 0.243 e. The van der Waals surface area contributed by atoms with Crippen molar-refractivity contribution in [2.75, 3.05) is 13.1 Å². The van der Waals surface area contributed by atoms with Crippen molar-refractivity contribution in [3.05, 3.63) is 42.5 Å². The highest BCUT2D eigenvalue weighted by Crippen LogP contribution is 2.24. The van der Waals surface area contributed by atoms with Crippen LogP contribution in [0.4, 0.5) is 0 Å². The van der Waals surface area contributed by atoms with Gasteiger partial charge in [0.15, 0.2) is 0 Å². The Kier molecular flexibility index (Phi) is 4.93. The summed E-state index contributed by atoms with van der Waals surface area (Å²) < 4.78 is 26.2. The smallest absolute Gasteiger partial charge is 0.207 e. The largest absolute Gasteiger partial charge is 0.243 e. The fraction of sp³-hybridized carbons (Fsp3) is 0.467. The second-order valence-corrected chi connectivity index (χ2v) is 7.46. The Hall–Kier alpha value is -1.13.